The molecule has 0 spiro atoms. The second-order valence-electron chi connectivity index (χ2n) is 7.63. The highest BCUT2D eigenvalue weighted by Gasteiger charge is 2.40. The summed E-state index contributed by atoms with van der Waals surface area (Å²) in [6.45, 7) is 6.42. The molecule has 0 aromatic carbocycles. The van der Waals surface area contributed by atoms with E-state index < -0.39 is 6.10 Å². The highest BCUT2D eigenvalue weighted by Crippen LogP contribution is 2.33. The van der Waals surface area contributed by atoms with E-state index in [1.807, 2.05) is 0 Å². The molecule has 0 saturated heterocycles. The van der Waals surface area contributed by atoms with Crippen LogP contribution in [0.2, 0.25) is 0 Å². The molecule has 1 heterocycles. The van der Waals surface area contributed by atoms with E-state index in [1.54, 1.807) is 0 Å². The first-order valence-electron chi connectivity index (χ1n) is 9.68. The van der Waals surface area contributed by atoms with E-state index in [2.05, 4.69) is 31.2 Å². The van der Waals surface area contributed by atoms with E-state index in [1.165, 1.54) is 70.6 Å². The lowest BCUT2D eigenvalue weighted by atomic mass is 9.81. The second-order valence-corrected chi connectivity index (χ2v) is 7.63. The molecule has 23 heavy (non-hydrogen) atoms. The Balaban J connectivity index is 1.90. The second kappa shape index (κ2) is 11.6. The van der Waals surface area contributed by atoms with Crippen molar-refractivity contribution < 1.29 is 9.63 Å². The van der Waals surface area contributed by atoms with Gasteiger partial charge in [0.2, 0.25) is 6.10 Å². The van der Waals surface area contributed by atoms with E-state index in [0.717, 1.165) is 12.8 Å². The molecule has 134 valence electrons. The minimum atomic E-state index is -0.477. The fraction of sp³-hybridized carbons (Fsp3) is 0.947. The van der Waals surface area contributed by atoms with Crippen molar-refractivity contribution in [2.24, 2.45) is 15.8 Å². The minimum Gasteiger partial charge on any atom is -0.365 e. The average molecular weight is 325 g/mol. The molecule has 0 fully saturated rings. The zero-order chi connectivity index (χ0) is 17.0. The molecule has 4 nitrogen and oxygen atoms in total. The summed E-state index contributed by atoms with van der Waals surface area (Å²) in [4.78, 5) is 16.7. The van der Waals surface area contributed by atoms with E-state index in [4.69, 9.17) is 4.84 Å². The van der Waals surface area contributed by atoms with E-state index in [-0.39, 0.29) is 11.3 Å². The molecule has 0 saturated carbocycles. The smallest absolute Gasteiger partial charge is 0.311 e. The number of amides is 1. The van der Waals surface area contributed by atoms with Crippen LogP contribution in [0.25, 0.3) is 0 Å². The lowest BCUT2D eigenvalue weighted by molar-refractivity contribution is -0.130. The summed E-state index contributed by atoms with van der Waals surface area (Å²) in [5.41, 5.74) is -0.168. The van der Waals surface area contributed by atoms with Crippen LogP contribution in [0, 0.1) is 5.41 Å². The summed E-state index contributed by atoms with van der Waals surface area (Å²) in [6, 6.07) is 0. The average Bonchev–Trinajstić information content (AvgIpc) is 2.95. The molecule has 1 unspecified atom stereocenters. The molecule has 0 aromatic heterocycles. The Kier molecular flexibility index (Phi) is 10.1. The van der Waals surface area contributed by atoms with Crippen LogP contribution in [0.3, 0.4) is 0 Å². The Morgan fingerprint density at radius 3 is 1.78 bits per heavy atom. The van der Waals surface area contributed by atoms with Crippen LogP contribution < -0.4 is 0 Å². The lowest BCUT2D eigenvalue weighted by Crippen LogP contribution is -2.34. The number of hydrogen-bond acceptors (Lipinski definition) is 3. The Morgan fingerprint density at radius 1 is 0.870 bits per heavy atom. The molecule has 1 aliphatic rings. The highest BCUT2D eigenvalue weighted by molar-refractivity contribution is 5.82. The predicted molar refractivity (Wildman–Crippen MR) is 94.2 cm³/mol. The molecule has 4 heteroatoms. The van der Waals surface area contributed by atoms with Crippen molar-refractivity contribution in [3.8, 4) is 0 Å². The molecule has 1 rings (SSSR count). The molecule has 1 amide bonds. The van der Waals surface area contributed by atoms with Gasteiger partial charge in [-0.3, -0.25) is 4.79 Å². The van der Waals surface area contributed by atoms with Crippen molar-refractivity contribution in [1.29, 1.82) is 0 Å². The van der Waals surface area contributed by atoms with Gasteiger partial charge in [-0.15, -0.1) is 0 Å². The van der Waals surface area contributed by atoms with Crippen molar-refractivity contribution in [1.82, 2.24) is 0 Å². The Bertz CT molecular complexity index is 353. The van der Waals surface area contributed by atoms with Gasteiger partial charge in [0.15, 0.2) is 0 Å². The topological polar surface area (TPSA) is 51.0 Å². The standard InChI is InChI=1S/C19H36N2O2/c1-4-5-6-7-8-9-10-11-12-13-14-15-16-19(2,3)17-18(22)20-21-23-17/h17H,4-16H2,1-3H3. The number of carbonyl (C=O) groups excluding carboxylic acids is 1. The Hall–Kier alpha value is -0.930. The third-order valence-electron chi connectivity index (χ3n) is 4.90. The van der Waals surface area contributed by atoms with E-state index in [0.29, 0.717) is 0 Å². The zero-order valence-corrected chi connectivity index (χ0v) is 15.5. The highest BCUT2D eigenvalue weighted by atomic mass is 16.7. The van der Waals surface area contributed by atoms with Crippen molar-refractivity contribution >= 4 is 5.91 Å². The third-order valence-corrected chi connectivity index (χ3v) is 4.90. The fourth-order valence-corrected chi connectivity index (χ4v) is 3.24. The first-order valence-corrected chi connectivity index (χ1v) is 9.68. The van der Waals surface area contributed by atoms with Crippen LogP contribution in [-0.2, 0) is 9.63 Å². The molecule has 0 N–H and O–H groups in total. The predicted octanol–water partition coefficient (Wildman–Crippen LogP) is 6.40. The van der Waals surface area contributed by atoms with Crippen LogP contribution in [0.5, 0.6) is 0 Å². The van der Waals surface area contributed by atoms with Crippen LogP contribution in [0.4, 0.5) is 0 Å². The molecular weight excluding hydrogens is 288 g/mol. The molecule has 0 aliphatic carbocycles. The van der Waals surface area contributed by atoms with Gasteiger partial charge in [-0.1, -0.05) is 103 Å². The van der Waals surface area contributed by atoms with Gasteiger partial charge in [0, 0.05) is 10.7 Å². The van der Waals surface area contributed by atoms with Gasteiger partial charge in [0.1, 0.15) is 0 Å². The summed E-state index contributed by atoms with van der Waals surface area (Å²) in [7, 11) is 0. The van der Waals surface area contributed by atoms with Gasteiger partial charge in [0.25, 0.3) is 0 Å². The van der Waals surface area contributed by atoms with E-state index >= 15 is 0 Å². The number of hydrogen-bond donors (Lipinski definition) is 0. The normalized spacial score (nSPS) is 17.7. The van der Waals surface area contributed by atoms with Gasteiger partial charge in [-0.25, -0.2) is 0 Å². The third kappa shape index (κ3) is 8.47. The monoisotopic (exact) mass is 324 g/mol. The van der Waals surface area contributed by atoms with Gasteiger partial charge >= 0.3 is 5.91 Å². The van der Waals surface area contributed by atoms with Crippen molar-refractivity contribution in [3.63, 3.8) is 0 Å². The van der Waals surface area contributed by atoms with Gasteiger partial charge in [0.05, 0.1) is 0 Å². The van der Waals surface area contributed by atoms with Gasteiger partial charge < -0.3 is 4.84 Å². The lowest BCUT2D eigenvalue weighted by Gasteiger charge is -2.27. The quantitative estimate of drug-likeness (QED) is 0.347. The molecule has 1 aliphatic heterocycles. The summed E-state index contributed by atoms with van der Waals surface area (Å²) in [5, 5.41) is 6.85. The van der Waals surface area contributed by atoms with Crippen molar-refractivity contribution in [2.45, 2.75) is 110 Å². The maximum absolute atomic E-state index is 11.6. The first-order chi connectivity index (χ1) is 11.1. The minimum absolute atomic E-state index is 0.168. The summed E-state index contributed by atoms with van der Waals surface area (Å²) >= 11 is 0. The maximum Gasteiger partial charge on any atom is 0.311 e. The molecular formula is C19H36N2O2. The van der Waals surface area contributed by atoms with Gasteiger partial charge in [-0.2, -0.15) is 0 Å². The van der Waals surface area contributed by atoms with Crippen LogP contribution in [0.15, 0.2) is 10.4 Å². The van der Waals surface area contributed by atoms with E-state index in [9.17, 15) is 4.79 Å². The summed E-state index contributed by atoms with van der Waals surface area (Å²) in [6.07, 6.45) is 16.7. The number of unbranched alkanes of at least 4 members (excludes halogenated alkanes) is 11. The summed E-state index contributed by atoms with van der Waals surface area (Å²) in [5.74, 6) is -0.228. The van der Waals surface area contributed by atoms with Crippen LogP contribution in [-0.4, -0.2) is 12.0 Å². The molecule has 0 radical (unpaired) electrons. The van der Waals surface area contributed by atoms with Crippen molar-refractivity contribution in [3.05, 3.63) is 0 Å². The Labute approximate surface area is 142 Å². The molecule has 0 aromatic rings. The van der Waals surface area contributed by atoms with Crippen molar-refractivity contribution in [2.75, 3.05) is 0 Å². The SMILES string of the molecule is CCCCCCCCCCCCCCC(C)(C)C1ON=NC1=O. The number of carbonyl (C=O) groups is 1. The largest absolute Gasteiger partial charge is 0.365 e. The zero-order valence-electron chi connectivity index (χ0n) is 15.5. The van der Waals surface area contributed by atoms with Crippen LogP contribution >= 0.6 is 0 Å². The molecule has 0 bridgehead atoms. The van der Waals surface area contributed by atoms with Gasteiger partial charge in [-0.05, 0) is 6.42 Å². The first kappa shape index (κ1) is 20.1. The maximum atomic E-state index is 11.6. The number of nitrogens with zero attached hydrogens (tertiary/aromatic N) is 2. The Morgan fingerprint density at radius 2 is 1.35 bits per heavy atom. The fourth-order valence-electron chi connectivity index (χ4n) is 3.24. The number of rotatable bonds is 14. The molecule has 1 atom stereocenters. The van der Waals surface area contributed by atoms with Crippen LogP contribution in [0.1, 0.15) is 104 Å². The summed E-state index contributed by atoms with van der Waals surface area (Å²) < 4.78 is 0.